The quantitative estimate of drug-likeness (QED) is 0.0243. The van der Waals surface area contributed by atoms with Gasteiger partial charge in [-0.15, -0.1) is 0 Å². The molecule has 6 rings (SSSR count). The van der Waals surface area contributed by atoms with Crippen LogP contribution in [-0.4, -0.2) is 188 Å². The van der Waals surface area contributed by atoms with Crippen molar-refractivity contribution in [3.05, 3.63) is 94.1 Å². The average Bonchev–Trinajstić information content (AvgIpc) is 1.58. The minimum atomic E-state index is -1.66. The van der Waals surface area contributed by atoms with Crippen molar-refractivity contribution in [2.75, 3.05) is 59.9 Å². The van der Waals surface area contributed by atoms with Gasteiger partial charge in [-0.05, 0) is 87.6 Å². The number of ether oxygens (including phenoxy) is 6. The summed E-state index contributed by atoms with van der Waals surface area (Å²) in [5.41, 5.74) is 5.41. The number of benzene rings is 2. The van der Waals surface area contributed by atoms with E-state index in [1.54, 1.807) is 62.4 Å². The Balaban J connectivity index is 1.03. The van der Waals surface area contributed by atoms with Gasteiger partial charge in [-0.3, -0.25) is 43.3 Å². The summed E-state index contributed by atoms with van der Waals surface area (Å²) in [5.74, 6) is -5.43. The number of allylic oxidation sites excluding steroid dienone is 3. The molecule has 4 bridgehead atoms. The van der Waals surface area contributed by atoms with Crippen LogP contribution in [0.25, 0.3) is 0 Å². The molecule has 8 amide bonds. The van der Waals surface area contributed by atoms with Crippen LogP contribution in [0.2, 0.25) is 5.02 Å². The molecule has 94 heavy (non-hydrogen) atoms. The highest BCUT2D eigenvalue weighted by molar-refractivity contribution is 6.35. The number of epoxide rings is 1. The topological polar surface area (TPSA) is 330 Å². The molecule has 4 aliphatic heterocycles. The number of imide groups is 1. The number of amides is 8. The first-order valence-electron chi connectivity index (χ1n) is 31.8. The normalized spacial score (nSPS) is 24.0. The van der Waals surface area contributed by atoms with Crippen molar-refractivity contribution in [1.29, 1.82) is 0 Å². The Morgan fingerprint density at radius 2 is 1.62 bits per heavy atom. The Kier molecular flexibility index (Phi) is 27.1. The van der Waals surface area contributed by atoms with Gasteiger partial charge in [0, 0.05) is 104 Å². The number of primary amides is 1. The molecule has 10 atom stereocenters. The molecule has 25 nitrogen and oxygen atoms in total. The van der Waals surface area contributed by atoms with Crippen molar-refractivity contribution in [1.82, 2.24) is 25.3 Å². The van der Waals surface area contributed by atoms with Gasteiger partial charge < -0.3 is 64.6 Å². The third-order valence-corrected chi connectivity index (χ3v) is 18.4. The van der Waals surface area contributed by atoms with Crippen molar-refractivity contribution < 1.29 is 86.3 Å². The zero-order valence-corrected chi connectivity index (χ0v) is 56.5. The summed E-state index contributed by atoms with van der Waals surface area (Å²) in [6, 6.07) is 7.33. The largest absolute Gasteiger partial charge is 0.495 e. The molecule has 4 heterocycles. The van der Waals surface area contributed by atoms with E-state index in [2.05, 4.69) is 10.6 Å². The predicted octanol–water partition coefficient (Wildman–Crippen LogP) is 6.18. The van der Waals surface area contributed by atoms with E-state index in [1.807, 2.05) is 26.8 Å². The maximum atomic E-state index is 14.5. The molecule has 2 aromatic rings. The van der Waals surface area contributed by atoms with E-state index >= 15 is 0 Å². The lowest BCUT2D eigenvalue weighted by Crippen LogP contribution is -2.53. The minimum absolute atomic E-state index is 0.0158. The lowest BCUT2D eigenvalue weighted by atomic mass is 9.78. The minimum Gasteiger partial charge on any atom is -0.495 e. The second-order valence-electron chi connectivity index (χ2n) is 25.5. The number of likely N-dealkylation sites (N-methyl/N-ethyl adjacent to an activating group) is 1. The summed E-state index contributed by atoms with van der Waals surface area (Å²) < 4.78 is 35.3. The van der Waals surface area contributed by atoms with E-state index in [1.165, 1.54) is 69.1 Å². The molecular formula is C68H92ClN7O18. The maximum Gasteiger partial charge on any atom is 0.409 e. The number of halogens is 1. The highest BCUT2D eigenvalue weighted by atomic mass is 35.5. The number of aliphatic hydroxyl groups is 1. The summed E-state index contributed by atoms with van der Waals surface area (Å²) in [6.07, 6.45) is 4.80. The first-order valence-corrected chi connectivity index (χ1v) is 32.2. The van der Waals surface area contributed by atoms with Gasteiger partial charge in [0.05, 0.1) is 37.8 Å². The number of nitrogens with two attached hydrogens (primary N) is 1. The number of anilines is 1. The zero-order valence-electron chi connectivity index (χ0n) is 55.7. The Morgan fingerprint density at radius 1 is 0.936 bits per heavy atom. The highest BCUT2D eigenvalue weighted by Crippen LogP contribution is 2.50. The molecule has 2 aromatic carbocycles. The molecule has 514 valence electrons. The van der Waals surface area contributed by atoms with E-state index in [0.29, 0.717) is 54.7 Å². The zero-order chi connectivity index (χ0) is 69.4. The van der Waals surface area contributed by atoms with Crippen LogP contribution in [0.5, 0.6) is 5.75 Å². The Morgan fingerprint density at radius 3 is 2.27 bits per heavy atom. The highest BCUT2D eigenvalue weighted by Gasteiger charge is 2.64. The summed E-state index contributed by atoms with van der Waals surface area (Å²) >= 11 is 6.85. The van der Waals surface area contributed by atoms with Gasteiger partial charge in [0.2, 0.25) is 17.7 Å². The summed E-state index contributed by atoms with van der Waals surface area (Å²) in [7, 11) is 7.28. The van der Waals surface area contributed by atoms with Crippen molar-refractivity contribution in [2.45, 2.75) is 179 Å². The number of hydrogen-bond acceptors (Lipinski definition) is 18. The molecule has 0 aliphatic carbocycles. The number of hydrogen-bond donors (Lipinski definition) is 4. The number of ketones is 2. The molecule has 0 radical (unpaired) electrons. The number of nitrogens with one attached hydrogen (secondary N) is 2. The van der Waals surface area contributed by atoms with Crippen LogP contribution in [0.1, 0.15) is 129 Å². The fourth-order valence-corrected chi connectivity index (χ4v) is 12.2. The van der Waals surface area contributed by atoms with Crippen molar-refractivity contribution >= 4 is 82.5 Å². The van der Waals surface area contributed by atoms with Gasteiger partial charge in [0.25, 0.3) is 11.8 Å². The van der Waals surface area contributed by atoms with E-state index in [-0.39, 0.29) is 106 Å². The van der Waals surface area contributed by atoms with E-state index in [9.17, 15) is 57.8 Å². The molecule has 0 aromatic heterocycles. The summed E-state index contributed by atoms with van der Waals surface area (Å²) in [5, 5.41) is 17.5. The van der Waals surface area contributed by atoms with E-state index in [4.69, 9.17) is 45.8 Å². The van der Waals surface area contributed by atoms with Gasteiger partial charge in [0.15, 0.2) is 5.78 Å². The molecule has 5 N–H and O–H groups in total. The molecule has 2 fully saturated rings. The molecular weight excluding hydrogens is 1240 g/mol. The third-order valence-electron chi connectivity index (χ3n) is 18.0. The van der Waals surface area contributed by atoms with Crippen LogP contribution < -0.4 is 26.0 Å². The van der Waals surface area contributed by atoms with Gasteiger partial charge in [-0.1, -0.05) is 86.9 Å². The van der Waals surface area contributed by atoms with Crippen molar-refractivity contribution in [3.8, 4) is 5.75 Å². The molecule has 0 saturated carbocycles. The van der Waals surface area contributed by atoms with Crippen LogP contribution in [0.4, 0.5) is 15.3 Å². The average molecular weight is 1330 g/mol. The number of rotatable bonds is 28. The number of Topliss-reactive ketones (excluding diaryl/α,β-unsaturated/α-hetero) is 2. The Bertz CT molecular complexity index is 3210. The first-order chi connectivity index (χ1) is 44.4. The summed E-state index contributed by atoms with van der Waals surface area (Å²) in [6.45, 7) is 10.6. The van der Waals surface area contributed by atoms with Crippen molar-refractivity contribution in [3.63, 3.8) is 0 Å². The van der Waals surface area contributed by atoms with Crippen LogP contribution in [0.15, 0.2) is 72.4 Å². The Labute approximate surface area is 554 Å². The molecule has 26 heteroatoms. The molecule has 0 spiro atoms. The maximum absolute atomic E-state index is 14.5. The molecule has 0 unspecified atom stereocenters. The van der Waals surface area contributed by atoms with Crippen LogP contribution in [0, 0.1) is 17.8 Å². The van der Waals surface area contributed by atoms with E-state index in [0.717, 1.165) is 16.0 Å². The fourth-order valence-electron chi connectivity index (χ4n) is 11.8. The van der Waals surface area contributed by atoms with Crippen LogP contribution in [-0.2, 0) is 86.3 Å². The van der Waals surface area contributed by atoms with Gasteiger partial charge in [-0.25, -0.2) is 14.4 Å². The van der Waals surface area contributed by atoms with Crippen LogP contribution >= 0.6 is 11.6 Å². The monoisotopic (exact) mass is 1330 g/mol. The number of urea groups is 1. The second kappa shape index (κ2) is 33.9. The smallest absolute Gasteiger partial charge is 0.409 e. The predicted molar refractivity (Wildman–Crippen MR) is 346 cm³/mol. The fraction of sp³-hybridized carbons (Fsp3) is 0.574. The number of carbonyl (C=O) groups excluding carboxylic acids is 11. The Hall–Kier alpha value is -8.00. The SMILES string of the molecule is COc1cc2cc(c1Cl)N(C)C(=O)C[C@H](OC(=O)[C@H](C)N(C)C(=O)CCN(C)C(=O)OCc1ccc(CC(=O)[C@@H](CCCNC(N)=O)NC(=O)[C@H](CC(=O)CCCCCN3C(=O)C=CC3=O)C(C)C)cc1)[C@]1(C)O[C@H]1[C@H](C)[C@@H]1C[C@](O)(CC(=O)O1)[C@H](OC)/C=C/C=C(\C)C2. The lowest BCUT2D eigenvalue weighted by Gasteiger charge is -2.41. The number of esters is 2. The molecule has 2 saturated heterocycles. The van der Waals surface area contributed by atoms with Gasteiger partial charge in [-0.2, -0.15) is 0 Å². The number of nitrogens with zero attached hydrogens (tertiary/aromatic N) is 4. The van der Waals surface area contributed by atoms with Crippen molar-refractivity contribution in [2.24, 2.45) is 23.5 Å². The number of methoxy groups -OCH3 is 2. The van der Waals surface area contributed by atoms with Gasteiger partial charge >= 0.3 is 24.1 Å². The number of fused-ring (bicyclic) bond motifs is 5. The summed E-state index contributed by atoms with van der Waals surface area (Å²) in [4.78, 5) is 149. The third kappa shape index (κ3) is 20.3. The number of carbonyl (C=O) groups is 11. The standard InChI is InChI=1S/C68H92ClN7O18/c1-40(2)48(35-47(77)18-13-12-14-29-76-57(80)25-26-58(76)81)63(84)72-49(19-16-28-71-65(70)86)51(78)33-44-21-23-45(24-22-44)39-91-66(87)73(7)30-27-56(79)74(8)43(5)64(85)93-55-36-59(82)75(9)50-32-46(34-52(89-10)61(50)69)31-41(3)17-15-20-54(90-11)68(88)37-53(92-60(83)38-68)42(4)62-67(55,6)94-62/h15,17,20-26,32,34,40,42-43,48-49,53-55,62,88H,12-14,16,18-19,27-31,33,35-39H2,1-11H3,(H,72,84)(H3,70,71,86)/b20-15+,41-17+/t42-,43+,48-,49-,53+,54-,55+,62+,67+,68+/m1/s1. The number of unbranched alkanes of at least 4 members (excludes halogenated alkanes) is 2. The van der Waals surface area contributed by atoms with E-state index < -0.39 is 108 Å². The lowest BCUT2D eigenvalue weighted by molar-refractivity contribution is -0.187. The molecule has 4 aliphatic rings. The second-order valence-corrected chi connectivity index (χ2v) is 25.8. The van der Waals surface area contributed by atoms with Crippen LogP contribution in [0.3, 0.4) is 0 Å². The van der Waals surface area contributed by atoms with Gasteiger partial charge in [0.1, 0.15) is 58.7 Å². The first kappa shape index (κ1) is 75.0.